The minimum atomic E-state index is -0.703. The number of aliphatic hydroxyl groups is 1. The average Bonchev–Trinajstić information content (AvgIpc) is 3.52. The van der Waals surface area contributed by atoms with Gasteiger partial charge in [0.05, 0.1) is 11.5 Å². The summed E-state index contributed by atoms with van der Waals surface area (Å²) in [4.78, 5) is 2.80. The van der Waals surface area contributed by atoms with Gasteiger partial charge in [0.2, 0.25) is 0 Å². The fourth-order valence-corrected chi connectivity index (χ4v) is 10.2. The van der Waals surface area contributed by atoms with E-state index in [4.69, 9.17) is 9.47 Å². The van der Waals surface area contributed by atoms with Gasteiger partial charge in [-0.05, 0) is 74.5 Å². The molecule has 6 aliphatic carbocycles. The first-order chi connectivity index (χ1) is 16.2. The van der Waals surface area contributed by atoms with E-state index >= 15 is 0 Å². The highest BCUT2D eigenvalue weighted by atomic mass is 16.6. The van der Waals surface area contributed by atoms with Crippen LogP contribution in [0.5, 0.6) is 11.5 Å². The van der Waals surface area contributed by atoms with E-state index in [-0.39, 0.29) is 33.5 Å². The highest BCUT2D eigenvalue weighted by Crippen LogP contribution is 2.79. The van der Waals surface area contributed by atoms with Gasteiger partial charge in [0.1, 0.15) is 11.7 Å². The van der Waals surface area contributed by atoms with Crippen LogP contribution in [-0.4, -0.2) is 59.2 Å². The van der Waals surface area contributed by atoms with Gasteiger partial charge < -0.3 is 19.7 Å². The molecular weight excluding hydrogens is 426 g/mol. The molecule has 3 saturated carbocycles. The molecule has 9 rings (SSSR count). The second kappa shape index (κ2) is 5.87. The number of hydrogen-bond acceptors (Lipinski definition) is 5. The number of rotatable bonds is 3. The summed E-state index contributed by atoms with van der Waals surface area (Å²) in [5.41, 5.74) is 1.04. The van der Waals surface area contributed by atoms with Crippen LogP contribution in [0, 0.1) is 22.2 Å². The standard InChI is InChI=1S/C29H37NO4/c1-25(2)8-9-27(23(25)32)16-26-10-11-29(27,33-3)24-28(26)12-13-30(15-17-4-5-17)20(26)14-18-6-7-19(31)22(34-24)21(18)28/h6-7,10-11,17,20,23-24,31-32H,4-5,8-9,12-16H2,1-3H3/t20?,23?,24?,26-,27-,28+,29+/m1/s1. The van der Waals surface area contributed by atoms with E-state index in [1.54, 1.807) is 0 Å². The molecular formula is C29H37NO4. The van der Waals surface area contributed by atoms with E-state index in [2.05, 4.69) is 37.0 Å². The van der Waals surface area contributed by atoms with Crippen molar-refractivity contribution in [2.75, 3.05) is 20.2 Å². The molecule has 4 fully saturated rings. The third-order valence-electron chi connectivity index (χ3n) is 11.8. The fraction of sp³-hybridized carbons (Fsp3) is 0.724. The number of phenols is 1. The summed E-state index contributed by atoms with van der Waals surface area (Å²) in [6, 6.07) is 4.38. The zero-order valence-electron chi connectivity index (χ0n) is 20.6. The number of benzene rings is 1. The van der Waals surface area contributed by atoms with Crippen molar-refractivity contribution < 1.29 is 19.7 Å². The number of hydrogen-bond donors (Lipinski definition) is 2. The van der Waals surface area contributed by atoms with Crippen LogP contribution < -0.4 is 4.74 Å². The maximum atomic E-state index is 12.0. The Morgan fingerprint density at radius 1 is 1.15 bits per heavy atom. The van der Waals surface area contributed by atoms with Gasteiger partial charge in [-0.15, -0.1) is 0 Å². The lowest BCUT2D eigenvalue weighted by atomic mass is 9.33. The highest BCUT2D eigenvalue weighted by Gasteiger charge is 2.84. The van der Waals surface area contributed by atoms with E-state index in [0.29, 0.717) is 11.8 Å². The molecule has 5 heteroatoms. The lowest BCUT2D eigenvalue weighted by Crippen LogP contribution is -2.82. The van der Waals surface area contributed by atoms with Crippen LogP contribution >= 0.6 is 0 Å². The van der Waals surface area contributed by atoms with E-state index in [1.807, 2.05) is 13.2 Å². The Morgan fingerprint density at radius 3 is 2.68 bits per heavy atom. The minimum absolute atomic E-state index is 0.113. The molecule has 34 heavy (non-hydrogen) atoms. The van der Waals surface area contributed by atoms with Crippen LogP contribution in [0.25, 0.3) is 0 Å². The Morgan fingerprint density at radius 2 is 1.97 bits per heavy atom. The third-order valence-corrected chi connectivity index (χ3v) is 11.8. The van der Waals surface area contributed by atoms with Gasteiger partial charge in [0, 0.05) is 36.1 Å². The number of aliphatic hydroxyl groups excluding tert-OH is 1. The number of piperidine rings is 1. The monoisotopic (exact) mass is 463 g/mol. The molecule has 0 radical (unpaired) electrons. The fourth-order valence-electron chi connectivity index (χ4n) is 10.2. The summed E-state index contributed by atoms with van der Waals surface area (Å²) >= 11 is 0. The molecule has 0 amide bonds. The Kier molecular flexibility index (Phi) is 3.56. The quantitative estimate of drug-likeness (QED) is 0.665. The minimum Gasteiger partial charge on any atom is -0.504 e. The van der Waals surface area contributed by atoms with Gasteiger partial charge in [-0.25, -0.2) is 0 Å². The van der Waals surface area contributed by atoms with Crippen LogP contribution in [-0.2, 0) is 16.6 Å². The molecule has 7 atom stereocenters. The third kappa shape index (κ3) is 1.91. The molecule has 4 bridgehead atoms. The Hall–Kier alpha value is -1.56. The Balaban J connectivity index is 1.42. The number of nitrogens with zero attached hydrogens (tertiary/aromatic N) is 1. The molecule has 1 saturated heterocycles. The van der Waals surface area contributed by atoms with E-state index < -0.39 is 11.7 Å². The zero-order valence-corrected chi connectivity index (χ0v) is 20.6. The van der Waals surface area contributed by atoms with E-state index in [0.717, 1.165) is 44.6 Å². The van der Waals surface area contributed by atoms with Crippen LogP contribution in [0.4, 0.5) is 0 Å². The van der Waals surface area contributed by atoms with Crippen LogP contribution in [0.2, 0.25) is 0 Å². The molecule has 8 aliphatic rings. The first-order valence-corrected chi connectivity index (χ1v) is 13.4. The van der Waals surface area contributed by atoms with E-state index in [1.165, 1.54) is 30.5 Å². The van der Waals surface area contributed by atoms with Crippen molar-refractivity contribution in [2.24, 2.45) is 22.2 Å². The molecule has 2 heterocycles. The molecule has 182 valence electrons. The number of ether oxygens (including phenoxy) is 2. The second-order valence-corrected chi connectivity index (χ2v) is 13.4. The van der Waals surface area contributed by atoms with Crippen molar-refractivity contribution in [1.29, 1.82) is 0 Å². The van der Waals surface area contributed by atoms with E-state index in [9.17, 15) is 10.2 Å². The van der Waals surface area contributed by atoms with Crippen molar-refractivity contribution in [1.82, 2.24) is 4.90 Å². The Bertz CT molecular complexity index is 1140. The SMILES string of the molecule is CO[C@]12C=C[C@@]3(C[C@@]14CCC(C)(C)C4O)C1Cc4ccc(O)c5c4[C@@]3(CCN1CC1CC1)C2O5. The molecule has 3 spiro atoms. The van der Waals surface area contributed by atoms with Crippen molar-refractivity contribution in [3.63, 3.8) is 0 Å². The number of aromatic hydroxyl groups is 1. The van der Waals surface area contributed by atoms with Crippen molar-refractivity contribution in [3.05, 3.63) is 35.4 Å². The van der Waals surface area contributed by atoms with Gasteiger partial charge >= 0.3 is 0 Å². The molecule has 3 unspecified atom stereocenters. The zero-order chi connectivity index (χ0) is 23.3. The Labute approximate surface area is 202 Å². The van der Waals surface area contributed by atoms with Crippen LogP contribution in [0.3, 0.4) is 0 Å². The first kappa shape index (κ1) is 20.6. The second-order valence-electron chi connectivity index (χ2n) is 13.4. The normalized spacial score (nSPS) is 48.9. The summed E-state index contributed by atoms with van der Waals surface area (Å²) in [7, 11) is 1.81. The molecule has 2 aliphatic heterocycles. The summed E-state index contributed by atoms with van der Waals surface area (Å²) in [6.45, 7) is 6.69. The molecule has 5 nitrogen and oxygen atoms in total. The summed E-state index contributed by atoms with van der Waals surface area (Å²) < 4.78 is 13.5. The number of phenolic OH excluding ortho intramolecular Hbond substituents is 1. The maximum absolute atomic E-state index is 12.0. The predicted molar refractivity (Wildman–Crippen MR) is 128 cm³/mol. The molecule has 0 aromatic heterocycles. The lowest BCUT2D eigenvalue weighted by Gasteiger charge is -2.74. The smallest absolute Gasteiger partial charge is 0.165 e. The largest absolute Gasteiger partial charge is 0.504 e. The van der Waals surface area contributed by atoms with Crippen LogP contribution in [0.1, 0.15) is 63.5 Å². The average molecular weight is 464 g/mol. The van der Waals surface area contributed by atoms with Gasteiger partial charge in [0.25, 0.3) is 0 Å². The number of methoxy groups -OCH3 is 1. The van der Waals surface area contributed by atoms with Crippen LogP contribution in [0.15, 0.2) is 24.3 Å². The van der Waals surface area contributed by atoms with Gasteiger partial charge in [0.15, 0.2) is 11.5 Å². The van der Waals surface area contributed by atoms with Crippen molar-refractivity contribution >= 4 is 0 Å². The lowest BCUT2D eigenvalue weighted by molar-refractivity contribution is -0.273. The van der Waals surface area contributed by atoms with Crippen molar-refractivity contribution in [3.8, 4) is 11.5 Å². The topological polar surface area (TPSA) is 62.2 Å². The summed E-state index contributed by atoms with van der Waals surface area (Å²) in [5, 5.41) is 23.0. The maximum Gasteiger partial charge on any atom is 0.165 e. The predicted octanol–water partition coefficient (Wildman–Crippen LogP) is 3.94. The number of likely N-dealkylation sites (tertiary alicyclic amines) is 1. The molecule has 1 aromatic rings. The molecule has 2 N–H and O–H groups in total. The van der Waals surface area contributed by atoms with Crippen molar-refractivity contribution in [2.45, 2.75) is 88.1 Å². The van der Waals surface area contributed by atoms with Gasteiger partial charge in [-0.2, -0.15) is 0 Å². The molecule has 1 aromatic carbocycles. The summed E-state index contributed by atoms with van der Waals surface area (Å²) in [6.07, 6.45) is 11.8. The summed E-state index contributed by atoms with van der Waals surface area (Å²) in [5.74, 6) is 1.79. The highest BCUT2D eigenvalue weighted by molar-refractivity contribution is 5.65. The first-order valence-electron chi connectivity index (χ1n) is 13.4. The van der Waals surface area contributed by atoms with Gasteiger partial charge in [-0.3, -0.25) is 4.90 Å². The van der Waals surface area contributed by atoms with Gasteiger partial charge in [-0.1, -0.05) is 32.1 Å².